The molecule has 0 aliphatic carbocycles. The molecule has 14 heteroatoms. The fraction of sp³-hybridized carbons (Fsp3) is 0.0714. The zero-order chi connectivity index (χ0) is 21.4. The molecule has 0 saturated heterocycles. The Hall–Kier alpha value is -2.74. The molecular formula is C14H9F5N2O5S2. The van der Waals surface area contributed by atoms with Crippen molar-refractivity contribution in [1.29, 1.82) is 0 Å². The first-order valence-electron chi connectivity index (χ1n) is 6.95. The SMILES string of the molecule is CC(=O)NS(=O)(=O)c1ccc(NS(=O)(=O)c2c(F)c(F)c(F)c(F)c2F)cc1. The molecule has 0 bridgehead atoms. The van der Waals surface area contributed by atoms with Crippen molar-refractivity contribution in [3.8, 4) is 0 Å². The standard InChI is InChI=1S/C14H9F5N2O5S2/c1-6(22)20-27(23,24)8-4-2-7(3-5-8)21-28(25,26)14-12(18)10(16)9(15)11(17)13(14)19/h2-5,21H,1H3,(H,20,22). The summed E-state index contributed by atoms with van der Waals surface area (Å²) in [4.78, 5) is 8.29. The molecule has 0 unspecified atom stereocenters. The molecule has 0 aliphatic heterocycles. The van der Waals surface area contributed by atoms with E-state index in [2.05, 4.69) is 0 Å². The molecule has 2 rings (SSSR count). The Balaban J connectivity index is 2.43. The van der Waals surface area contributed by atoms with Crippen LogP contribution in [0.15, 0.2) is 34.1 Å². The molecule has 0 radical (unpaired) electrons. The van der Waals surface area contributed by atoms with Gasteiger partial charge in [0.15, 0.2) is 28.2 Å². The van der Waals surface area contributed by atoms with E-state index in [9.17, 15) is 43.6 Å². The monoisotopic (exact) mass is 444 g/mol. The molecule has 152 valence electrons. The van der Waals surface area contributed by atoms with E-state index in [1.165, 1.54) is 0 Å². The Morgan fingerprint density at radius 1 is 0.750 bits per heavy atom. The van der Waals surface area contributed by atoms with Gasteiger partial charge in [-0.2, -0.15) is 0 Å². The van der Waals surface area contributed by atoms with Gasteiger partial charge in [0.1, 0.15) is 0 Å². The number of hydrogen-bond donors (Lipinski definition) is 2. The Kier molecular flexibility index (Phi) is 5.66. The van der Waals surface area contributed by atoms with E-state index in [1.54, 1.807) is 9.44 Å². The van der Waals surface area contributed by atoms with Crippen LogP contribution in [0, 0.1) is 29.1 Å². The van der Waals surface area contributed by atoms with Crippen LogP contribution in [0.25, 0.3) is 0 Å². The van der Waals surface area contributed by atoms with E-state index in [4.69, 9.17) is 0 Å². The second kappa shape index (κ2) is 7.35. The highest BCUT2D eigenvalue weighted by Crippen LogP contribution is 2.28. The summed E-state index contributed by atoms with van der Waals surface area (Å²) >= 11 is 0. The summed E-state index contributed by atoms with van der Waals surface area (Å²) in [7, 11) is -9.51. The number of carbonyl (C=O) groups is 1. The largest absolute Gasteiger partial charge is 0.279 e. The Morgan fingerprint density at radius 2 is 1.18 bits per heavy atom. The number of rotatable bonds is 5. The fourth-order valence-corrected chi connectivity index (χ4v) is 4.17. The van der Waals surface area contributed by atoms with Crippen molar-refractivity contribution in [2.45, 2.75) is 16.7 Å². The number of carbonyl (C=O) groups excluding carboxylic acids is 1. The highest BCUT2D eigenvalue weighted by molar-refractivity contribution is 7.92. The van der Waals surface area contributed by atoms with Gasteiger partial charge in [-0.05, 0) is 24.3 Å². The van der Waals surface area contributed by atoms with Crippen LogP contribution in [0.5, 0.6) is 0 Å². The second-order valence-corrected chi connectivity index (χ2v) is 8.49. The molecule has 1 amide bonds. The molecule has 2 N–H and O–H groups in total. The van der Waals surface area contributed by atoms with Gasteiger partial charge in [-0.25, -0.2) is 43.5 Å². The summed E-state index contributed by atoms with van der Waals surface area (Å²) in [6, 6.07) is 3.33. The number of amides is 1. The zero-order valence-electron chi connectivity index (χ0n) is 13.6. The van der Waals surface area contributed by atoms with Gasteiger partial charge in [-0.3, -0.25) is 9.52 Å². The van der Waals surface area contributed by atoms with Crippen molar-refractivity contribution < 1.29 is 43.6 Å². The lowest BCUT2D eigenvalue weighted by molar-refractivity contribution is -0.117. The van der Waals surface area contributed by atoms with Crippen LogP contribution in [0.1, 0.15) is 6.92 Å². The summed E-state index contributed by atoms with van der Waals surface area (Å²) in [6.45, 7) is 0.935. The van der Waals surface area contributed by atoms with Crippen molar-refractivity contribution in [1.82, 2.24) is 4.72 Å². The van der Waals surface area contributed by atoms with Crippen LogP contribution in [-0.4, -0.2) is 22.7 Å². The molecule has 0 aromatic heterocycles. The highest BCUT2D eigenvalue weighted by Gasteiger charge is 2.33. The maximum atomic E-state index is 13.7. The topological polar surface area (TPSA) is 109 Å². The fourth-order valence-electron chi connectivity index (χ4n) is 1.98. The number of anilines is 1. The maximum absolute atomic E-state index is 13.7. The molecule has 28 heavy (non-hydrogen) atoms. The first-order valence-corrected chi connectivity index (χ1v) is 9.92. The van der Waals surface area contributed by atoms with Gasteiger partial charge in [0, 0.05) is 12.6 Å². The number of hydrogen-bond acceptors (Lipinski definition) is 5. The number of halogens is 5. The minimum Gasteiger partial charge on any atom is -0.279 e. The maximum Gasteiger partial charge on any atom is 0.267 e. The van der Waals surface area contributed by atoms with E-state index >= 15 is 0 Å². The van der Waals surface area contributed by atoms with Crippen LogP contribution in [0.2, 0.25) is 0 Å². The van der Waals surface area contributed by atoms with E-state index in [0.717, 1.165) is 31.2 Å². The van der Waals surface area contributed by atoms with Crippen LogP contribution >= 0.6 is 0 Å². The van der Waals surface area contributed by atoms with Crippen molar-refractivity contribution in [3.05, 3.63) is 53.4 Å². The molecule has 0 atom stereocenters. The van der Waals surface area contributed by atoms with Crippen molar-refractivity contribution in [2.75, 3.05) is 4.72 Å². The molecule has 0 saturated carbocycles. The highest BCUT2D eigenvalue weighted by atomic mass is 32.2. The molecule has 7 nitrogen and oxygen atoms in total. The number of nitrogens with one attached hydrogen (secondary N) is 2. The van der Waals surface area contributed by atoms with E-state index in [-0.39, 0.29) is 0 Å². The number of benzene rings is 2. The predicted molar refractivity (Wildman–Crippen MR) is 84.5 cm³/mol. The Labute approximate surface area is 155 Å². The molecule has 0 heterocycles. The molecule has 0 aliphatic rings. The Bertz CT molecular complexity index is 1140. The van der Waals surface area contributed by atoms with Crippen molar-refractivity contribution in [2.24, 2.45) is 0 Å². The molecule has 2 aromatic carbocycles. The average molecular weight is 444 g/mol. The van der Waals surface area contributed by atoms with Gasteiger partial charge in [0.25, 0.3) is 20.0 Å². The normalized spacial score (nSPS) is 11.9. The molecule has 0 spiro atoms. The van der Waals surface area contributed by atoms with Crippen LogP contribution < -0.4 is 9.44 Å². The van der Waals surface area contributed by atoms with E-state index < -0.39 is 70.5 Å². The lowest BCUT2D eigenvalue weighted by atomic mass is 10.3. The van der Waals surface area contributed by atoms with Gasteiger partial charge in [0.2, 0.25) is 11.7 Å². The summed E-state index contributed by atoms with van der Waals surface area (Å²) in [5, 5.41) is 0. The molecular weight excluding hydrogens is 435 g/mol. The lowest BCUT2D eigenvalue weighted by Crippen LogP contribution is -2.28. The summed E-state index contributed by atoms with van der Waals surface area (Å²) in [5.41, 5.74) is -0.453. The van der Waals surface area contributed by atoms with E-state index in [0.29, 0.717) is 0 Å². The third-order valence-corrected chi connectivity index (χ3v) is 5.98. The molecule has 0 fully saturated rings. The summed E-state index contributed by atoms with van der Waals surface area (Å²) < 4.78 is 118. The van der Waals surface area contributed by atoms with Gasteiger partial charge in [-0.15, -0.1) is 0 Å². The Morgan fingerprint density at radius 3 is 1.61 bits per heavy atom. The minimum atomic E-state index is -5.27. The number of sulfonamides is 2. The van der Waals surface area contributed by atoms with Gasteiger partial charge in [0.05, 0.1) is 4.90 Å². The van der Waals surface area contributed by atoms with Crippen molar-refractivity contribution in [3.63, 3.8) is 0 Å². The first-order chi connectivity index (χ1) is 12.8. The van der Waals surface area contributed by atoms with Gasteiger partial charge < -0.3 is 0 Å². The average Bonchev–Trinajstić information content (AvgIpc) is 2.57. The smallest absolute Gasteiger partial charge is 0.267 e. The van der Waals surface area contributed by atoms with Crippen LogP contribution in [0.4, 0.5) is 27.6 Å². The van der Waals surface area contributed by atoms with Crippen LogP contribution in [0.3, 0.4) is 0 Å². The van der Waals surface area contributed by atoms with Crippen molar-refractivity contribution >= 4 is 31.6 Å². The molecule has 2 aromatic rings. The summed E-state index contributed by atoms with van der Waals surface area (Å²) in [6.07, 6.45) is 0. The minimum absolute atomic E-state index is 0.453. The third-order valence-electron chi connectivity index (χ3n) is 3.13. The third kappa shape index (κ3) is 4.06. The zero-order valence-corrected chi connectivity index (χ0v) is 15.2. The lowest BCUT2D eigenvalue weighted by Gasteiger charge is -2.12. The second-order valence-electron chi connectivity index (χ2n) is 5.19. The van der Waals surface area contributed by atoms with Crippen LogP contribution in [-0.2, 0) is 24.8 Å². The van der Waals surface area contributed by atoms with Gasteiger partial charge in [-0.1, -0.05) is 0 Å². The first kappa shape index (κ1) is 21.6. The van der Waals surface area contributed by atoms with E-state index in [1.807, 2.05) is 0 Å². The summed E-state index contributed by atoms with van der Waals surface area (Å²) in [5.74, 6) is -13.4. The predicted octanol–water partition coefficient (Wildman–Crippen LogP) is 2.01. The van der Waals surface area contributed by atoms with Gasteiger partial charge >= 0.3 is 0 Å². The quantitative estimate of drug-likeness (QED) is 0.417.